The highest BCUT2D eigenvalue weighted by atomic mass is 16.5. The highest BCUT2D eigenvalue weighted by Crippen LogP contribution is 2.29. The maximum absolute atomic E-state index is 5.23. The summed E-state index contributed by atoms with van der Waals surface area (Å²) in [4.78, 5) is 11.6. The van der Waals surface area contributed by atoms with Crippen molar-refractivity contribution in [3.8, 4) is 5.88 Å². The van der Waals surface area contributed by atoms with Crippen LogP contribution in [0.4, 0.5) is 5.82 Å². The average molecular weight is 361 g/mol. The van der Waals surface area contributed by atoms with E-state index in [9.17, 15) is 0 Å². The lowest BCUT2D eigenvalue weighted by atomic mass is 9.96. The van der Waals surface area contributed by atoms with Crippen LogP contribution in [-0.4, -0.2) is 50.0 Å². The van der Waals surface area contributed by atoms with E-state index in [1.165, 1.54) is 0 Å². The van der Waals surface area contributed by atoms with Gasteiger partial charge in [-0.3, -0.25) is 4.98 Å². The zero-order chi connectivity index (χ0) is 18.2. The van der Waals surface area contributed by atoms with E-state index >= 15 is 0 Å². The van der Waals surface area contributed by atoms with E-state index in [2.05, 4.69) is 25.2 Å². The summed E-state index contributed by atoms with van der Waals surface area (Å²) in [6.07, 6.45) is 3.80. The third kappa shape index (κ3) is 2.83. The fourth-order valence-corrected chi connectivity index (χ4v) is 3.62. The molecule has 4 heterocycles. The largest absolute Gasteiger partial charge is 0.480 e. The van der Waals surface area contributed by atoms with Gasteiger partial charge >= 0.3 is 0 Å². The Morgan fingerprint density at radius 1 is 1.00 bits per heavy atom. The zero-order valence-electron chi connectivity index (χ0n) is 15.0. The summed E-state index contributed by atoms with van der Waals surface area (Å²) in [5.74, 6) is 2.70. The Balaban J connectivity index is 1.36. The summed E-state index contributed by atoms with van der Waals surface area (Å²) in [5.41, 5.74) is 2.59. The zero-order valence-corrected chi connectivity index (χ0v) is 15.0. The lowest BCUT2D eigenvalue weighted by Crippen LogP contribution is -2.34. The summed E-state index contributed by atoms with van der Waals surface area (Å²) in [6, 6.07) is 11.6. The molecule has 0 atom stereocenters. The first-order valence-corrected chi connectivity index (χ1v) is 9.05. The van der Waals surface area contributed by atoms with Crippen molar-refractivity contribution in [2.45, 2.75) is 18.8 Å². The van der Waals surface area contributed by atoms with Crippen LogP contribution in [0.1, 0.15) is 24.6 Å². The molecule has 1 aliphatic rings. The number of para-hydroxylation sites is 2. The summed E-state index contributed by atoms with van der Waals surface area (Å²) in [5, 5.41) is 13.1. The second-order valence-electron chi connectivity index (χ2n) is 6.68. The quantitative estimate of drug-likeness (QED) is 0.554. The molecule has 1 aliphatic heterocycles. The minimum absolute atomic E-state index is 0.310. The molecule has 0 spiro atoms. The first-order valence-electron chi connectivity index (χ1n) is 9.05. The van der Waals surface area contributed by atoms with Gasteiger partial charge in [0.15, 0.2) is 11.5 Å². The van der Waals surface area contributed by atoms with Gasteiger partial charge in [-0.25, -0.2) is 4.98 Å². The van der Waals surface area contributed by atoms with Crippen molar-refractivity contribution in [3.05, 3.63) is 48.4 Å². The molecular formula is C19H19N7O. The van der Waals surface area contributed by atoms with E-state index in [1.54, 1.807) is 17.7 Å². The normalized spacial score (nSPS) is 15.5. The molecule has 1 fully saturated rings. The van der Waals surface area contributed by atoms with Crippen LogP contribution in [0.15, 0.2) is 42.6 Å². The Bertz CT molecular complexity index is 1100. The number of hydrogen-bond acceptors (Lipinski definition) is 7. The van der Waals surface area contributed by atoms with Gasteiger partial charge in [0.2, 0.25) is 5.88 Å². The number of nitrogens with zero attached hydrogens (tertiary/aromatic N) is 7. The Morgan fingerprint density at radius 2 is 1.81 bits per heavy atom. The number of rotatable bonds is 3. The molecule has 8 heteroatoms. The maximum atomic E-state index is 5.23. The van der Waals surface area contributed by atoms with Gasteiger partial charge in [-0.15, -0.1) is 15.3 Å². The standard InChI is InChI=1S/C19H19N7O/c1-27-18-7-6-16-22-23-19(26(16)24-18)13-8-10-25(11-9-13)17-12-20-14-4-2-3-5-15(14)21-17/h2-7,12-13H,8-11H2,1H3. The molecule has 1 saturated heterocycles. The third-order valence-corrected chi connectivity index (χ3v) is 5.09. The van der Waals surface area contributed by atoms with Crippen LogP contribution in [0.2, 0.25) is 0 Å². The van der Waals surface area contributed by atoms with Crippen molar-refractivity contribution < 1.29 is 4.74 Å². The van der Waals surface area contributed by atoms with Crippen molar-refractivity contribution in [3.63, 3.8) is 0 Å². The molecule has 0 radical (unpaired) electrons. The van der Waals surface area contributed by atoms with Crippen molar-refractivity contribution in [1.82, 2.24) is 29.8 Å². The maximum Gasteiger partial charge on any atom is 0.231 e. The topological polar surface area (TPSA) is 81.3 Å². The van der Waals surface area contributed by atoms with Crippen molar-refractivity contribution >= 4 is 22.5 Å². The summed E-state index contributed by atoms with van der Waals surface area (Å²) < 4.78 is 7.03. The van der Waals surface area contributed by atoms with E-state index < -0.39 is 0 Å². The number of methoxy groups -OCH3 is 1. The molecule has 5 rings (SSSR count). The van der Waals surface area contributed by atoms with E-state index in [1.807, 2.05) is 36.5 Å². The Hall–Kier alpha value is -3.29. The number of ether oxygens (including phenoxy) is 1. The first kappa shape index (κ1) is 15.9. The Labute approximate surface area is 155 Å². The van der Waals surface area contributed by atoms with Crippen molar-refractivity contribution in [2.24, 2.45) is 0 Å². The lowest BCUT2D eigenvalue weighted by Gasteiger charge is -2.31. The highest BCUT2D eigenvalue weighted by molar-refractivity contribution is 5.75. The predicted octanol–water partition coefficient (Wildman–Crippen LogP) is 2.46. The number of hydrogen-bond donors (Lipinski definition) is 0. The summed E-state index contributed by atoms with van der Waals surface area (Å²) in [7, 11) is 1.61. The van der Waals surface area contributed by atoms with Gasteiger partial charge < -0.3 is 9.64 Å². The van der Waals surface area contributed by atoms with Crippen LogP contribution in [0.25, 0.3) is 16.7 Å². The molecule has 0 saturated carbocycles. The fourth-order valence-electron chi connectivity index (χ4n) is 3.62. The van der Waals surface area contributed by atoms with Crippen LogP contribution in [0.5, 0.6) is 5.88 Å². The van der Waals surface area contributed by atoms with Gasteiger partial charge in [-0.1, -0.05) is 12.1 Å². The van der Waals surface area contributed by atoms with Gasteiger partial charge in [-0.05, 0) is 31.0 Å². The molecule has 8 nitrogen and oxygen atoms in total. The minimum atomic E-state index is 0.310. The SMILES string of the molecule is COc1ccc2nnc(C3CCN(c4cnc5ccccc5n4)CC3)n2n1. The number of benzene rings is 1. The van der Waals surface area contributed by atoms with Crippen LogP contribution in [0.3, 0.4) is 0 Å². The number of piperidine rings is 1. The average Bonchev–Trinajstić information content (AvgIpc) is 3.16. The molecule has 0 aliphatic carbocycles. The fraction of sp³-hybridized carbons (Fsp3) is 0.316. The Kier molecular flexibility index (Phi) is 3.81. The minimum Gasteiger partial charge on any atom is -0.480 e. The van der Waals surface area contributed by atoms with Crippen LogP contribution < -0.4 is 9.64 Å². The number of fused-ring (bicyclic) bond motifs is 2. The third-order valence-electron chi connectivity index (χ3n) is 5.09. The predicted molar refractivity (Wildman–Crippen MR) is 101 cm³/mol. The monoisotopic (exact) mass is 361 g/mol. The molecule has 27 heavy (non-hydrogen) atoms. The van der Waals surface area contributed by atoms with E-state index in [-0.39, 0.29) is 0 Å². The van der Waals surface area contributed by atoms with Gasteiger partial charge in [0, 0.05) is 25.1 Å². The van der Waals surface area contributed by atoms with Gasteiger partial charge in [0.1, 0.15) is 5.82 Å². The summed E-state index contributed by atoms with van der Waals surface area (Å²) >= 11 is 0. The van der Waals surface area contributed by atoms with Crippen molar-refractivity contribution in [2.75, 3.05) is 25.1 Å². The lowest BCUT2D eigenvalue weighted by molar-refractivity contribution is 0.387. The summed E-state index contributed by atoms with van der Waals surface area (Å²) in [6.45, 7) is 1.80. The molecule has 0 N–H and O–H groups in total. The molecule has 1 aromatic carbocycles. The molecule has 0 bridgehead atoms. The first-order chi connectivity index (χ1) is 13.3. The molecule has 136 valence electrons. The van der Waals surface area contributed by atoms with Crippen LogP contribution >= 0.6 is 0 Å². The second kappa shape index (κ2) is 6.46. The van der Waals surface area contributed by atoms with E-state index in [4.69, 9.17) is 9.72 Å². The van der Waals surface area contributed by atoms with E-state index in [0.717, 1.165) is 54.3 Å². The van der Waals surface area contributed by atoms with E-state index in [0.29, 0.717) is 11.8 Å². The molecule has 0 unspecified atom stereocenters. The van der Waals surface area contributed by atoms with Gasteiger partial charge in [0.05, 0.1) is 24.3 Å². The molecular weight excluding hydrogens is 342 g/mol. The molecule has 3 aromatic heterocycles. The van der Waals surface area contributed by atoms with Crippen molar-refractivity contribution in [1.29, 1.82) is 0 Å². The molecule has 4 aromatic rings. The number of aromatic nitrogens is 6. The van der Waals surface area contributed by atoms with Crippen LogP contribution in [-0.2, 0) is 0 Å². The smallest absolute Gasteiger partial charge is 0.231 e. The second-order valence-corrected chi connectivity index (χ2v) is 6.68. The molecule has 0 amide bonds. The number of anilines is 1. The Morgan fingerprint density at radius 3 is 2.63 bits per heavy atom. The highest BCUT2D eigenvalue weighted by Gasteiger charge is 2.26. The van der Waals surface area contributed by atoms with Gasteiger partial charge in [0.25, 0.3) is 0 Å². The van der Waals surface area contributed by atoms with Crippen LogP contribution in [0, 0.1) is 0 Å². The van der Waals surface area contributed by atoms with Gasteiger partial charge in [-0.2, -0.15) is 4.52 Å².